The first-order valence-corrected chi connectivity index (χ1v) is 10.4. The van der Waals surface area contributed by atoms with Gasteiger partial charge in [-0.15, -0.1) is 0 Å². The summed E-state index contributed by atoms with van der Waals surface area (Å²) >= 11 is 0. The molecule has 1 aromatic heterocycles. The summed E-state index contributed by atoms with van der Waals surface area (Å²) in [6.07, 6.45) is 0.188. The Morgan fingerprint density at radius 3 is 2.33 bits per heavy atom. The van der Waals surface area contributed by atoms with Gasteiger partial charge in [-0.05, 0) is 54.8 Å². The fourth-order valence-electron chi connectivity index (χ4n) is 4.14. The zero-order chi connectivity index (χ0) is 23.9. The molecule has 1 amide bonds. The van der Waals surface area contributed by atoms with Gasteiger partial charge in [-0.3, -0.25) is 14.6 Å². The number of hydrazone groups is 1. The highest BCUT2D eigenvalue weighted by Crippen LogP contribution is 2.34. The normalized spacial score (nSPS) is 15.5. The number of carbonyl (C=O) groups excluding carboxylic acids is 1. The molecular weight excluding hydrogens is 424 g/mol. The SMILES string of the molecule is COc1ccc([C@H]2CC(c3c(O)n(-c4cc(C)cc(C)c4)c(=O)[nH]c3=O)=NN2C(C)=O)cc1. The lowest BCUT2D eigenvalue weighted by molar-refractivity contribution is -0.130. The predicted molar refractivity (Wildman–Crippen MR) is 123 cm³/mol. The number of rotatable bonds is 4. The van der Waals surface area contributed by atoms with Crippen LogP contribution in [0.15, 0.2) is 57.2 Å². The highest BCUT2D eigenvalue weighted by molar-refractivity contribution is 6.04. The monoisotopic (exact) mass is 448 g/mol. The van der Waals surface area contributed by atoms with Crippen LogP contribution in [0.1, 0.15) is 41.6 Å². The van der Waals surface area contributed by atoms with Gasteiger partial charge in [0.05, 0.1) is 24.6 Å². The number of amides is 1. The Bertz CT molecular complexity index is 1370. The maximum absolute atomic E-state index is 12.7. The third-order valence-corrected chi connectivity index (χ3v) is 5.57. The van der Waals surface area contributed by atoms with Crippen LogP contribution < -0.4 is 16.0 Å². The molecule has 1 aliphatic rings. The van der Waals surface area contributed by atoms with Crippen molar-refractivity contribution in [2.45, 2.75) is 33.2 Å². The number of aromatic amines is 1. The maximum atomic E-state index is 12.7. The average molecular weight is 448 g/mol. The minimum absolute atomic E-state index is 0.143. The average Bonchev–Trinajstić information content (AvgIpc) is 3.18. The van der Waals surface area contributed by atoms with Crippen molar-refractivity contribution in [1.82, 2.24) is 14.6 Å². The summed E-state index contributed by atoms with van der Waals surface area (Å²) in [7, 11) is 1.56. The van der Waals surface area contributed by atoms with E-state index in [1.165, 1.54) is 11.9 Å². The van der Waals surface area contributed by atoms with Crippen LogP contribution in [0.3, 0.4) is 0 Å². The van der Waals surface area contributed by atoms with Gasteiger partial charge in [0.15, 0.2) is 0 Å². The molecule has 1 aliphatic heterocycles. The van der Waals surface area contributed by atoms with Gasteiger partial charge < -0.3 is 9.84 Å². The molecule has 0 radical (unpaired) electrons. The number of nitrogens with one attached hydrogen (secondary N) is 1. The summed E-state index contributed by atoms with van der Waals surface area (Å²) in [6, 6.07) is 12.1. The summed E-state index contributed by atoms with van der Waals surface area (Å²) in [5, 5.41) is 16.7. The molecule has 0 bridgehead atoms. The van der Waals surface area contributed by atoms with E-state index < -0.39 is 23.2 Å². The molecule has 3 aromatic rings. The lowest BCUT2D eigenvalue weighted by Crippen LogP contribution is -2.33. The topological polar surface area (TPSA) is 117 Å². The number of hydrogen-bond acceptors (Lipinski definition) is 6. The number of nitrogens with zero attached hydrogens (tertiary/aromatic N) is 3. The summed E-state index contributed by atoms with van der Waals surface area (Å²) in [6.45, 7) is 5.12. The van der Waals surface area contributed by atoms with Crippen molar-refractivity contribution in [3.8, 4) is 17.3 Å². The van der Waals surface area contributed by atoms with E-state index in [4.69, 9.17) is 4.74 Å². The molecular formula is C24H24N4O5. The lowest BCUT2D eigenvalue weighted by Gasteiger charge is -2.20. The second-order valence-corrected chi connectivity index (χ2v) is 8.04. The maximum Gasteiger partial charge on any atom is 0.335 e. The quantitative estimate of drug-likeness (QED) is 0.636. The van der Waals surface area contributed by atoms with Crippen molar-refractivity contribution in [3.05, 3.63) is 85.6 Å². The number of benzene rings is 2. The number of ether oxygens (including phenoxy) is 1. The van der Waals surface area contributed by atoms with E-state index >= 15 is 0 Å². The smallest absolute Gasteiger partial charge is 0.335 e. The zero-order valence-corrected chi connectivity index (χ0v) is 18.7. The van der Waals surface area contributed by atoms with E-state index in [1.54, 1.807) is 31.4 Å². The van der Waals surface area contributed by atoms with Gasteiger partial charge in [0.2, 0.25) is 11.8 Å². The molecule has 0 spiro atoms. The standard InChI is InChI=1S/C24H24N4O5/c1-13-9-14(2)11-17(10-13)27-23(31)21(22(30)25-24(27)32)19-12-20(28(26-19)15(3)29)16-5-7-18(33-4)8-6-16/h5-11,20,31H,12H2,1-4H3,(H,25,30,32)/t20-/m1/s1. The predicted octanol–water partition coefficient (Wildman–Crippen LogP) is 2.55. The van der Waals surface area contributed by atoms with Gasteiger partial charge in [0, 0.05) is 13.3 Å². The summed E-state index contributed by atoms with van der Waals surface area (Å²) in [5.74, 6) is -0.169. The summed E-state index contributed by atoms with van der Waals surface area (Å²) in [5.41, 5.74) is 1.54. The molecule has 1 atom stereocenters. The first kappa shape index (κ1) is 22.1. The van der Waals surface area contributed by atoms with Crippen molar-refractivity contribution in [3.63, 3.8) is 0 Å². The molecule has 0 fully saturated rings. The molecule has 2 aromatic carbocycles. The van der Waals surface area contributed by atoms with E-state index in [1.807, 2.05) is 32.0 Å². The van der Waals surface area contributed by atoms with Crippen LogP contribution in [-0.2, 0) is 4.79 Å². The van der Waals surface area contributed by atoms with Gasteiger partial charge in [0.25, 0.3) is 5.56 Å². The van der Waals surface area contributed by atoms with E-state index in [-0.39, 0.29) is 23.6 Å². The fourth-order valence-corrected chi connectivity index (χ4v) is 4.14. The van der Waals surface area contributed by atoms with Crippen molar-refractivity contribution >= 4 is 11.6 Å². The third-order valence-electron chi connectivity index (χ3n) is 5.57. The minimum atomic E-state index is -0.768. The Balaban J connectivity index is 1.83. The second kappa shape index (κ2) is 8.42. The van der Waals surface area contributed by atoms with E-state index in [2.05, 4.69) is 10.1 Å². The van der Waals surface area contributed by atoms with Crippen molar-refractivity contribution in [2.75, 3.05) is 7.11 Å². The Morgan fingerprint density at radius 2 is 1.76 bits per heavy atom. The third kappa shape index (κ3) is 4.05. The summed E-state index contributed by atoms with van der Waals surface area (Å²) in [4.78, 5) is 39.9. The number of H-pyrrole nitrogens is 1. The molecule has 2 heterocycles. The van der Waals surface area contributed by atoms with Crippen molar-refractivity contribution < 1.29 is 14.6 Å². The van der Waals surface area contributed by atoms with Gasteiger partial charge in [-0.1, -0.05) is 18.2 Å². The molecule has 9 heteroatoms. The highest BCUT2D eigenvalue weighted by atomic mass is 16.5. The number of aromatic nitrogens is 2. The van der Waals surface area contributed by atoms with Gasteiger partial charge in [-0.25, -0.2) is 14.4 Å². The van der Waals surface area contributed by atoms with Crippen LogP contribution in [0.5, 0.6) is 11.6 Å². The van der Waals surface area contributed by atoms with Crippen LogP contribution in [0.25, 0.3) is 5.69 Å². The van der Waals surface area contributed by atoms with Gasteiger partial charge >= 0.3 is 5.69 Å². The van der Waals surface area contributed by atoms with E-state index in [9.17, 15) is 19.5 Å². The second-order valence-electron chi connectivity index (χ2n) is 8.04. The van der Waals surface area contributed by atoms with E-state index in [0.29, 0.717) is 11.4 Å². The first-order valence-electron chi connectivity index (χ1n) is 10.4. The first-order chi connectivity index (χ1) is 15.7. The molecule has 9 nitrogen and oxygen atoms in total. The summed E-state index contributed by atoms with van der Waals surface area (Å²) < 4.78 is 6.23. The molecule has 0 saturated heterocycles. The van der Waals surface area contributed by atoms with E-state index in [0.717, 1.165) is 21.3 Å². The highest BCUT2D eigenvalue weighted by Gasteiger charge is 2.34. The number of carbonyl (C=O) groups is 1. The van der Waals surface area contributed by atoms with Crippen LogP contribution in [-0.4, -0.2) is 38.4 Å². The molecule has 33 heavy (non-hydrogen) atoms. The van der Waals surface area contributed by atoms with Crippen LogP contribution in [0, 0.1) is 13.8 Å². The molecule has 0 aliphatic carbocycles. The van der Waals surface area contributed by atoms with Crippen molar-refractivity contribution in [1.29, 1.82) is 0 Å². The minimum Gasteiger partial charge on any atom is -0.497 e. The zero-order valence-electron chi connectivity index (χ0n) is 18.7. The number of aryl methyl sites for hydroxylation is 2. The Labute approximate surface area is 189 Å². The number of methoxy groups -OCH3 is 1. The number of aromatic hydroxyl groups is 1. The van der Waals surface area contributed by atoms with Crippen molar-refractivity contribution in [2.24, 2.45) is 5.10 Å². The lowest BCUT2D eigenvalue weighted by atomic mass is 9.99. The molecule has 2 N–H and O–H groups in total. The Kier molecular flexibility index (Phi) is 5.63. The fraction of sp³-hybridized carbons (Fsp3) is 0.250. The molecule has 4 rings (SSSR count). The molecule has 0 saturated carbocycles. The molecule has 170 valence electrons. The van der Waals surface area contributed by atoms with Gasteiger partial charge in [-0.2, -0.15) is 5.10 Å². The van der Waals surface area contributed by atoms with Crippen LogP contribution in [0.2, 0.25) is 0 Å². The van der Waals surface area contributed by atoms with Gasteiger partial charge in [0.1, 0.15) is 11.3 Å². The Morgan fingerprint density at radius 1 is 1.12 bits per heavy atom. The molecule has 0 unspecified atom stereocenters. The Hall–Kier alpha value is -4.14. The van der Waals surface area contributed by atoms with Crippen LogP contribution >= 0.6 is 0 Å². The number of hydrogen-bond donors (Lipinski definition) is 2. The largest absolute Gasteiger partial charge is 0.497 e. The van der Waals surface area contributed by atoms with Crippen LogP contribution in [0.4, 0.5) is 0 Å².